The Morgan fingerprint density at radius 1 is 1.21 bits per heavy atom. The fourth-order valence-electron chi connectivity index (χ4n) is 3.03. The quantitative estimate of drug-likeness (QED) is 0.642. The third-order valence-electron chi connectivity index (χ3n) is 4.30. The summed E-state index contributed by atoms with van der Waals surface area (Å²) >= 11 is 2.26. The van der Waals surface area contributed by atoms with E-state index >= 15 is 0 Å². The van der Waals surface area contributed by atoms with Crippen molar-refractivity contribution < 1.29 is 9.28 Å². The molecule has 4 nitrogen and oxygen atoms in total. The Kier molecular flexibility index (Phi) is 3.77. The van der Waals surface area contributed by atoms with Crippen LogP contribution in [0.4, 0.5) is 5.69 Å². The van der Waals surface area contributed by atoms with Gasteiger partial charge < -0.3 is 9.80 Å². The number of nitrogens with zero attached hydrogens (tertiary/aromatic N) is 2. The van der Waals surface area contributed by atoms with Crippen LogP contribution < -0.4 is 5.32 Å². The molecule has 1 amide bonds. The molecule has 0 atom stereocenters. The second kappa shape index (κ2) is 5.38. The molecular formula is C14H19IN3O+. The topological polar surface area (TPSA) is 32.3 Å². The van der Waals surface area contributed by atoms with Crippen molar-refractivity contribution in [3.63, 3.8) is 0 Å². The van der Waals surface area contributed by atoms with Gasteiger partial charge in [0.1, 0.15) is 0 Å². The number of para-hydroxylation sites is 1. The monoisotopic (exact) mass is 372 g/mol. The van der Waals surface area contributed by atoms with Crippen molar-refractivity contribution in [1.82, 2.24) is 4.90 Å². The molecule has 3 heterocycles. The van der Waals surface area contributed by atoms with Crippen LogP contribution in [0.15, 0.2) is 24.3 Å². The van der Waals surface area contributed by atoms with Crippen LogP contribution in [0.1, 0.15) is 0 Å². The van der Waals surface area contributed by atoms with Gasteiger partial charge in [-0.15, -0.1) is 0 Å². The number of amides is 1. The second-order valence-electron chi connectivity index (χ2n) is 5.54. The van der Waals surface area contributed by atoms with Gasteiger partial charge in [-0.1, -0.05) is 12.1 Å². The Bertz CT molecular complexity index is 470. The normalized spacial score (nSPS) is 29.2. The van der Waals surface area contributed by atoms with Crippen molar-refractivity contribution in [1.29, 1.82) is 0 Å². The minimum atomic E-state index is 0.152. The lowest BCUT2D eigenvalue weighted by atomic mass is 10.1. The Balaban J connectivity index is 1.64. The van der Waals surface area contributed by atoms with E-state index in [-0.39, 0.29) is 5.91 Å². The number of carbonyl (C=O) groups is 1. The maximum atomic E-state index is 12.3. The highest BCUT2D eigenvalue weighted by atomic mass is 127. The predicted octanol–water partition coefficient (Wildman–Crippen LogP) is 1.38. The minimum absolute atomic E-state index is 0.152. The number of benzene rings is 1. The van der Waals surface area contributed by atoms with Crippen molar-refractivity contribution in [2.45, 2.75) is 0 Å². The highest BCUT2D eigenvalue weighted by Crippen LogP contribution is 2.21. The van der Waals surface area contributed by atoms with Gasteiger partial charge in [0.25, 0.3) is 5.91 Å². The number of hydrogen-bond donors (Lipinski definition) is 1. The summed E-state index contributed by atoms with van der Waals surface area (Å²) in [6, 6.07) is 7.93. The summed E-state index contributed by atoms with van der Waals surface area (Å²) in [5.41, 5.74) is 0.932. The van der Waals surface area contributed by atoms with Crippen molar-refractivity contribution in [3.05, 3.63) is 27.8 Å². The van der Waals surface area contributed by atoms with E-state index in [2.05, 4.69) is 32.8 Å². The van der Waals surface area contributed by atoms with Crippen molar-refractivity contribution in [3.8, 4) is 0 Å². The third kappa shape index (κ3) is 2.93. The van der Waals surface area contributed by atoms with Gasteiger partial charge in [0.05, 0.1) is 25.3 Å². The molecular weight excluding hydrogens is 353 g/mol. The lowest BCUT2D eigenvalue weighted by Crippen LogP contribution is -2.68. The zero-order chi connectivity index (χ0) is 13.3. The Morgan fingerprint density at radius 3 is 2.47 bits per heavy atom. The van der Waals surface area contributed by atoms with E-state index in [1.165, 1.54) is 0 Å². The fourth-order valence-corrected chi connectivity index (χ4v) is 3.55. The molecule has 0 unspecified atom stereocenters. The van der Waals surface area contributed by atoms with Crippen molar-refractivity contribution in [2.75, 3.05) is 51.1 Å². The van der Waals surface area contributed by atoms with Crippen molar-refractivity contribution >= 4 is 34.2 Å². The van der Waals surface area contributed by atoms with E-state index in [0.29, 0.717) is 6.54 Å². The van der Waals surface area contributed by atoms with Gasteiger partial charge in [-0.05, 0) is 34.7 Å². The summed E-state index contributed by atoms with van der Waals surface area (Å²) < 4.78 is 2.07. The molecule has 0 saturated carbocycles. The summed E-state index contributed by atoms with van der Waals surface area (Å²) in [6.07, 6.45) is 0. The summed E-state index contributed by atoms with van der Waals surface area (Å²) in [6.45, 7) is 7.44. The highest BCUT2D eigenvalue weighted by Gasteiger charge is 2.39. The SMILES string of the molecule is O=C(C[N+]12CCN(CC1)CC2)Nc1ccccc1I. The molecule has 1 aromatic carbocycles. The largest absolute Gasteiger partial charge is 0.320 e. The van der Waals surface area contributed by atoms with Crippen LogP contribution in [-0.4, -0.2) is 61.1 Å². The molecule has 4 rings (SSSR count). The molecule has 2 bridgehead atoms. The van der Waals surface area contributed by atoms with Crippen LogP contribution in [0, 0.1) is 3.57 Å². The Labute approximate surface area is 127 Å². The molecule has 102 valence electrons. The molecule has 3 aliphatic rings. The van der Waals surface area contributed by atoms with E-state index in [1.54, 1.807) is 0 Å². The molecule has 0 spiro atoms. The molecule has 19 heavy (non-hydrogen) atoms. The lowest BCUT2D eigenvalue weighted by Gasteiger charge is -2.50. The minimum Gasteiger partial charge on any atom is -0.320 e. The number of nitrogens with one attached hydrogen (secondary N) is 1. The zero-order valence-corrected chi connectivity index (χ0v) is 13.1. The standard InChI is InChI=1S/C14H18IN3O/c15-12-3-1-2-4-13(12)16-14(19)11-18-8-5-17(6-9-18)7-10-18/h1-4H,5-11H2/p+1. The Morgan fingerprint density at radius 2 is 1.84 bits per heavy atom. The number of anilines is 1. The zero-order valence-electron chi connectivity index (χ0n) is 10.9. The number of piperazine rings is 3. The van der Waals surface area contributed by atoms with E-state index in [4.69, 9.17) is 0 Å². The first kappa shape index (κ1) is 13.3. The number of hydrogen-bond acceptors (Lipinski definition) is 2. The molecule has 3 aliphatic heterocycles. The summed E-state index contributed by atoms with van der Waals surface area (Å²) in [5, 5.41) is 3.06. The number of carbonyl (C=O) groups excluding carboxylic acids is 1. The van der Waals surface area contributed by atoms with Gasteiger partial charge in [0.2, 0.25) is 0 Å². The average Bonchev–Trinajstić information content (AvgIpc) is 2.43. The summed E-state index contributed by atoms with van der Waals surface area (Å²) in [5.74, 6) is 0.152. The van der Waals surface area contributed by atoms with Crippen LogP contribution in [-0.2, 0) is 4.79 Å². The number of rotatable bonds is 3. The van der Waals surface area contributed by atoms with Crippen LogP contribution in [0.2, 0.25) is 0 Å². The first-order valence-electron chi connectivity index (χ1n) is 6.79. The summed E-state index contributed by atoms with van der Waals surface area (Å²) in [4.78, 5) is 14.8. The van der Waals surface area contributed by atoms with Gasteiger partial charge in [0.15, 0.2) is 6.54 Å². The van der Waals surface area contributed by atoms with Crippen LogP contribution >= 0.6 is 22.6 Å². The first-order chi connectivity index (χ1) is 9.17. The Hall–Kier alpha value is -0.660. The van der Waals surface area contributed by atoms with Gasteiger partial charge in [0, 0.05) is 23.2 Å². The lowest BCUT2D eigenvalue weighted by molar-refractivity contribution is -0.933. The molecule has 5 heteroatoms. The van der Waals surface area contributed by atoms with Crippen LogP contribution in [0.3, 0.4) is 0 Å². The van der Waals surface area contributed by atoms with Crippen LogP contribution in [0.5, 0.6) is 0 Å². The maximum absolute atomic E-state index is 12.3. The predicted molar refractivity (Wildman–Crippen MR) is 84.0 cm³/mol. The molecule has 0 aromatic heterocycles. The number of fused-ring (bicyclic) bond motifs is 3. The average molecular weight is 372 g/mol. The number of quaternary nitrogens is 1. The summed E-state index contributed by atoms with van der Waals surface area (Å²) in [7, 11) is 0. The fraction of sp³-hybridized carbons (Fsp3) is 0.500. The van der Waals surface area contributed by atoms with Crippen molar-refractivity contribution in [2.24, 2.45) is 0 Å². The van der Waals surface area contributed by atoms with Gasteiger partial charge in [-0.2, -0.15) is 0 Å². The van der Waals surface area contributed by atoms with Gasteiger partial charge >= 0.3 is 0 Å². The molecule has 1 N–H and O–H groups in total. The first-order valence-corrected chi connectivity index (χ1v) is 7.87. The maximum Gasteiger partial charge on any atom is 0.279 e. The highest BCUT2D eigenvalue weighted by molar-refractivity contribution is 14.1. The number of halogens is 1. The smallest absolute Gasteiger partial charge is 0.279 e. The van der Waals surface area contributed by atoms with E-state index < -0.39 is 0 Å². The third-order valence-corrected chi connectivity index (χ3v) is 5.24. The van der Waals surface area contributed by atoms with E-state index in [9.17, 15) is 4.79 Å². The molecule has 3 fully saturated rings. The molecule has 0 aliphatic carbocycles. The van der Waals surface area contributed by atoms with E-state index in [0.717, 1.165) is 53.0 Å². The van der Waals surface area contributed by atoms with Gasteiger partial charge in [-0.3, -0.25) is 9.69 Å². The van der Waals surface area contributed by atoms with Crippen LogP contribution in [0.25, 0.3) is 0 Å². The molecule has 3 saturated heterocycles. The van der Waals surface area contributed by atoms with Gasteiger partial charge in [-0.25, -0.2) is 0 Å². The molecule has 1 aromatic rings. The second-order valence-corrected chi connectivity index (χ2v) is 6.70. The molecule has 0 radical (unpaired) electrons. The van der Waals surface area contributed by atoms with E-state index in [1.807, 2.05) is 24.3 Å².